The van der Waals surface area contributed by atoms with Gasteiger partial charge in [0.15, 0.2) is 0 Å². The molecule has 280 valence electrons. The predicted octanol–water partition coefficient (Wildman–Crippen LogP) is 16.0. The Morgan fingerprint density at radius 2 is 0.814 bits per heavy atom. The number of nitrogens with zero attached hydrogens (tertiary/aromatic N) is 1. The van der Waals surface area contributed by atoms with Crippen LogP contribution in [0.25, 0.3) is 76.5 Å². The summed E-state index contributed by atoms with van der Waals surface area (Å²) in [5.74, 6) is 0. The molecule has 0 fully saturated rings. The molecule has 0 saturated carbocycles. The van der Waals surface area contributed by atoms with E-state index in [9.17, 15) is 0 Å². The van der Waals surface area contributed by atoms with Crippen LogP contribution in [-0.4, -0.2) is 0 Å². The van der Waals surface area contributed by atoms with Crippen molar-refractivity contribution in [1.29, 1.82) is 0 Å². The van der Waals surface area contributed by atoms with Crippen LogP contribution in [0, 0.1) is 0 Å². The van der Waals surface area contributed by atoms with E-state index in [1.807, 2.05) is 0 Å². The molecule has 2 aliphatic rings. The van der Waals surface area contributed by atoms with Gasteiger partial charge in [-0.05, 0) is 136 Å². The lowest BCUT2D eigenvalue weighted by atomic mass is 9.80. The second kappa shape index (κ2) is 12.3. The maximum Gasteiger partial charge on any atom is 0.0543 e. The second-order valence-corrected chi connectivity index (χ2v) is 17.7. The highest BCUT2D eigenvalue weighted by molar-refractivity contribution is 6.26. The zero-order chi connectivity index (χ0) is 39.6. The van der Waals surface area contributed by atoms with Crippen LogP contribution >= 0.6 is 0 Å². The van der Waals surface area contributed by atoms with Gasteiger partial charge in [-0.25, -0.2) is 0 Å². The molecule has 0 heterocycles. The monoisotopic (exact) mass is 753 g/mol. The summed E-state index contributed by atoms with van der Waals surface area (Å²) in [6.07, 6.45) is 0. The van der Waals surface area contributed by atoms with Gasteiger partial charge < -0.3 is 4.90 Å². The van der Waals surface area contributed by atoms with Gasteiger partial charge in [-0.15, -0.1) is 0 Å². The fraction of sp³-hybridized carbons (Fsp3) is 0.103. The van der Waals surface area contributed by atoms with Gasteiger partial charge in [0.05, 0.1) is 5.69 Å². The first-order chi connectivity index (χ1) is 28.8. The standard InChI is InChI=1S/C58H43N/c1-57(2)51-25-15-14-22-44(51)49-32-39(30-31-52(49)57)59(38-28-26-37(27-29-38)36-16-6-5-7-17-36)55-35-54-56(46-24-13-12-23-45(46)55)50-33-47-42-20-10-8-18-40(42)41-19-9-11-21-43(41)48(47)34-53(50)58(54,3)4/h5-35H,1-4H3. The lowest BCUT2D eigenvalue weighted by Crippen LogP contribution is -2.17. The minimum atomic E-state index is -0.242. The highest BCUT2D eigenvalue weighted by atomic mass is 15.1. The van der Waals surface area contributed by atoms with E-state index in [0.717, 1.165) is 11.4 Å². The van der Waals surface area contributed by atoms with Crippen molar-refractivity contribution in [3.63, 3.8) is 0 Å². The van der Waals surface area contributed by atoms with Crippen LogP contribution in [0.1, 0.15) is 49.9 Å². The molecule has 0 amide bonds. The Balaban J connectivity index is 1.12. The number of hydrogen-bond donors (Lipinski definition) is 0. The normalized spacial score (nSPS) is 14.4. The molecule has 0 N–H and O–H groups in total. The summed E-state index contributed by atoms with van der Waals surface area (Å²) < 4.78 is 0. The average molecular weight is 754 g/mol. The number of benzene rings is 10. The average Bonchev–Trinajstić information content (AvgIpc) is 3.65. The smallest absolute Gasteiger partial charge is 0.0543 e. The number of fused-ring (bicyclic) bond motifs is 14. The van der Waals surface area contributed by atoms with Crippen molar-refractivity contribution in [3.05, 3.63) is 210 Å². The van der Waals surface area contributed by atoms with E-state index in [0.29, 0.717) is 0 Å². The third-order valence-electron chi connectivity index (χ3n) is 13.8. The van der Waals surface area contributed by atoms with Crippen molar-refractivity contribution < 1.29 is 0 Å². The molecule has 59 heavy (non-hydrogen) atoms. The van der Waals surface area contributed by atoms with Crippen molar-refractivity contribution in [3.8, 4) is 33.4 Å². The van der Waals surface area contributed by atoms with Crippen LogP contribution in [0.4, 0.5) is 17.1 Å². The molecule has 0 atom stereocenters. The lowest BCUT2D eigenvalue weighted by Gasteiger charge is -2.30. The first-order valence-electron chi connectivity index (χ1n) is 20.9. The first kappa shape index (κ1) is 34.1. The van der Waals surface area contributed by atoms with Gasteiger partial charge in [0.25, 0.3) is 0 Å². The summed E-state index contributed by atoms with van der Waals surface area (Å²) in [6.45, 7) is 9.58. The first-order valence-corrected chi connectivity index (χ1v) is 20.9. The van der Waals surface area contributed by atoms with E-state index in [2.05, 4.69) is 221 Å². The van der Waals surface area contributed by atoms with Crippen LogP contribution in [0.3, 0.4) is 0 Å². The van der Waals surface area contributed by atoms with Crippen molar-refractivity contribution in [2.24, 2.45) is 0 Å². The molecule has 2 aliphatic carbocycles. The lowest BCUT2D eigenvalue weighted by molar-refractivity contribution is 0.660. The Labute approximate surface area is 345 Å². The summed E-state index contributed by atoms with van der Waals surface area (Å²) in [7, 11) is 0. The Bertz CT molecular complexity index is 3370. The quantitative estimate of drug-likeness (QED) is 0.162. The van der Waals surface area contributed by atoms with Crippen LogP contribution in [0.5, 0.6) is 0 Å². The highest BCUT2D eigenvalue weighted by Gasteiger charge is 2.39. The van der Waals surface area contributed by atoms with Gasteiger partial charge in [-0.2, -0.15) is 0 Å². The molecule has 0 radical (unpaired) electrons. The van der Waals surface area contributed by atoms with E-state index in [4.69, 9.17) is 0 Å². The fourth-order valence-electron chi connectivity index (χ4n) is 10.9. The van der Waals surface area contributed by atoms with Gasteiger partial charge in [0, 0.05) is 27.6 Å². The minimum Gasteiger partial charge on any atom is -0.310 e. The molecule has 0 aliphatic heterocycles. The summed E-state index contributed by atoms with van der Waals surface area (Å²) in [5, 5.41) is 10.4. The van der Waals surface area contributed by atoms with Crippen molar-refractivity contribution in [2.75, 3.05) is 4.90 Å². The summed E-state index contributed by atoms with van der Waals surface area (Å²) in [4.78, 5) is 2.52. The van der Waals surface area contributed by atoms with E-state index in [-0.39, 0.29) is 10.8 Å². The van der Waals surface area contributed by atoms with Crippen LogP contribution < -0.4 is 4.90 Å². The molecule has 12 rings (SSSR count). The molecular formula is C58H43N. The predicted molar refractivity (Wildman–Crippen MR) is 252 cm³/mol. The van der Waals surface area contributed by atoms with Crippen LogP contribution in [0.15, 0.2) is 188 Å². The van der Waals surface area contributed by atoms with Crippen molar-refractivity contribution >= 4 is 60.2 Å². The van der Waals surface area contributed by atoms with E-state index in [1.54, 1.807) is 0 Å². The molecule has 0 aromatic heterocycles. The number of hydrogen-bond acceptors (Lipinski definition) is 1. The van der Waals surface area contributed by atoms with Crippen molar-refractivity contribution in [1.82, 2.24) is 0 Å². The molecular weight excluding hydrogens is 711 g/mol. The maximum absolute atomic E-state index is 2.52. The maximum atomic E-state index is 2.52. The summed E-state index contributed by atoms with van der Waals surface area (Å²) in [5.41, 5.74) is 16.5. The van der Waals surface area contributed by atoms with E-state index < -0.39 is 0 Å². The molecule has 0 unspecified atom stereocenters. The summed E-state index contributed by atoms with van der Waals surface area (Å²) >= 11 is 0. The van der Waals surface area contributed by atoms with Gasteiger partial charge in [-0.3, -0.25) is 0 Å². The SMILES string of the molecule is CC1(C)c2ccccc2-c2cc(N(c3ccc(-c4ccccc4)cc3)c3cc4c(c5ccccc35)-c3cc5c6ccccc6c6ccccc6c5cc3C4(C)C)ccc21. The molecule has 1 heteroatoms. The molecule has 1 nitrogen and oxygen atoms in total. The molecule has 0 bridgehead atoms. The van der Waals surface area contributed by atoms with Gasteiger partial charge in [0.2, 0.25) is 0 Å². The van der Waals surface area contributed by atoms with Crippen LogP contribution in [0.2, 0.25) is 0 Å². The molecule has 10 aromatic carbocycles. The van der Waals surface area contributed by atoms with Gasteiger partial charge in [0.1, 0.15) is 0 Å². The Hall–Kier alpha value is -6.96. The van der Waals surface area contributed by atoms with Crippen molar-refractivity contribution in [2.45, 2.75) is 38.5 Å². The summed E-state index contributed by atoms with van der Waals surface area (Å²) in [6, 6.07) is 70.5. The third-order valence-corrected chi connectivity index (χ3v) is 13.8. The van der Waals surface area contributed by atoms with E-state index in [1.165, 1.54) is 104 Å². The Morgan fingerprint density at radius 1 is 0.305 bits per heavy atom. The molecule has 10 aromatic rings. The van der Waals surface area contributed by atoms with E-state index >= 15 is 0 Å². The largest absolute Gasteiger partial charge is 0.310 e. The van der Waals surface area contributed by atoms with Crippen LogP contribution in [-0.2, 0) is 10.8 Å². The van der Waals surface area contributed by atoms with Gasteiger partial charge >= 0.3 is 0 Å². The topological polar surface area (TPSA) is 3.24 Å². The minimum absolute atomic E-state index is 0.0666. The Morgan fingerprint density at radius 3 is 1.51 bits per heavy atom. The molecule has 0 spiro atoms. The zero-order valence-electron chi connectivity index (χ0n) is 33.8. The Kier molecular flexibility index (Phi) is 7.10. The van der Waals surface area contributed by atoms with Gasteiger partial charge in [-0.1, -0.05) is 173 Å². The molecule has 0 saturated heterocycles. The zero-order valence-corrected chi connectivity index (χ0v) is 33.8. The third kappa shape index (κ3) is 4.79. The highest BCUT2D eigenvalue weighted by Crippen LogP contribution is 2.57. The number of anilines is 3. The number of rotatable bonds is 4. The fourth-order valence-corrected chi connectivity index (χ4v) is 10.9. The second-order valence-electron chi connectivity index (χ2n) is 17.7.